The Morgan fingerprint density at radius 3 is 1.94 bits per heavy atom. The predicted molar refractivity (Wildman–Crippen MR) is 77.6 cm³/mol. The molecule has 0 saturated carbocycles. The summed E-state index contributed by atoms with van der Waals surface area (Å²) in [5, 5.41) is 0. The van der Waals surface area contributed by atoms with E-state index in [0.717, 1.165) is 11.3 Å². The van der Waals surface area contributed by atoms with Gasteiger partial charge in [0.05, 0.1) is 0 Å². The lowest BCUT2D eigenvalue weighted by Crippen LogP contribution is -2.21. The maximum absolute atomic E-state index is 11.4. The molecule has 1 rings (SSSR count). The summed E-state index contributed by atoms with van der Waals surface area (Å²) >= 11 is 10.9. The highest BCUT2D eigenvalue weighted by atomic mass is 35.9. The molecule has 0 aromatic heterocycles. The second-order valence-electron chi connectivity index (χ2n) is 4.32. The summed E-state index contributed by atoms with van der Waals surface area (Å²) in [5.41, 5.74) is 1.91. The maximum Gasteiger partial charge on any atom is 0.381 e. The molecule has 0 aliphatic rings. The van der Waals surface area contributed by atoms with Crippen molar-refractivity contribution in [1.82, 2.24) is 4.90 Å². The molecule has 0 bridgehead atoms. The lowest BCUT2D eigenvalue weighted by atomic mass is 10.1. The first-order valence-corrected chi connectivity index (χ1v) is 8.75. The van der Waals surface area contributed by atoms with Gasteiger partial charge in [-0.1, -0.05) is 12.1 Å². The molecule has 1 atom stereocenters. The molecular formula is C11H17Cl2N2O2P. The Labute approximate surface area is 117 Å². The minimum absolute atomic E-state index is 0.540. The predicted octanol–water partition coefficient (Wildman–Crippen LogP) is 3.92. The van der Waals surface area contributed by atoms with Crippen molar-refractivity contribution in [3.05, 3.63) is 29.8 Å². The van der Waals surface area contributed by atoms with Crippen LogP contribution in [0.2, 0.25) is 0 Å². The molecule has 4 nitrogen and oxygen atoms in total. The van der Waals surface area contributed by atoms with Crippen molar-refractivity contribution >= 4 is 34.2 Å². The first kappa shape index (κ1) is 15.8. The van der Waals surface area contributed by atoms with Crippen molar-refractivity contribution in [2.75, 3.05) is 33.1 Å². The van der Waals surface area contributed by atoms with Gasteiger partial charge in [0.15, 0.2) is 0 Å². The Kier molecular flexibility index (Phi) is 5.50. The average Bonchev–Trinajstić information content (AvgIpc) is 2.24. The van der Waals surface area contributed by atoms with E-state index in [4.69, 9.17) is 27.0 Å². The zero-order valence-electron chi connectivity index (χ0n) is 10.8. The highest BCUT2D eigenvalue weighted by molar-refractivity contribution is 8.05. The van der Waals surface area contributed by atoms with E-state index in [9.17, 15) is 4.57 Å². The fourth-order valence-corrected chi connectivity index (χ4v) is 2.50. The maximum atomic E-state index is 11.4. The van der Waals surface area contributed by atoms with Crippen LogP contribution in [-0.2, 0) is 9.09 Å². The third-order valence-electron chi connectivity index (χ3n) is 2.39. The van der Waals surface area contributed by atoms with Crippen LogP contribution in [0.15, 0.2) is 24.3 Å². The summed E-state index contributed by atoms with van der Waals surface area (Å²) in [6.07, 6.45) is -4.12. The van der Waals surface area contributed by atoms with Crippen molar-refractivity contribution in [3.63, 3.8) is 0 Å². The summed E-state index contributed by atoms with van der Waals surface area (Å²) in [6, 6.07) is 7.68. The van der Waals surface area contributed by atoms with Gasteiger partial charge in [0.25, 0.3) is 0 Å². The topological polar surface area (TPSA) is 32.8 Å². The van der Waals surface area contributed by atoms with Gasteiger partial charge in [-0.05, 0) is 54.3 Å². The van der Waals surface area contributed by atoms with E-state index in [-0.39, 0.29) is 0 Å². The van der Waals surface area contributed by atoms with Crippen molar-refractivity contribution in [2.24, 2.45) is 0 Å². The molecule has 0 heterocycles. The zero-order chi connectivity index (χ0) is 13.9. The van der Waals surface area contributed by atoms with Crippen LogP contribution in [0.5, 0.6) is 0 Å². The molecule has 0 fully saturated rings. The molecule has 0 saturated heterocycles. The van der Waals surface area contributed by atoms with Gasteiger partial charge in [0, 0.05) is 19.8 Å². The second kappa shape index (κ2) is 6.27. The monoisotopic (exact) mass is 310 g/mol. The molecule has 0 aliphatic carbocycles. The number of rotatable bonds is 5. The quantitative estimate of drug-likeness (QED) is 0.609. The Morgan fingerprint density at radius 2 is 1.61 bits per heavy atom. The van der Waals surface area contributed by atoms with Gasteiger partial charge in [-0.2, -0.15) is 0 Å². The van der Waals surface area contributed by atoms with Gasteiger partial charge < -0.3 is 4.90 Å². The molecule has 1 aromatic rings. The Balaban J connectivity index is 2.96. The summed E-state index contributed by atoms with van der Waals surface area (Å²) in [4.78, 5) is 3.74. The Morgan fingerprint density at radius 1 is 1.11 bits per heavy atom. The molecule has 0 N–H and O–H groups in total. The van der Waals surface area contributed by atoms with Gasteiger partial charge in [0.2, 0.25) is 0 Å². The second-order valence-corrected chi connectivity index (χ2v) is 8.55. The van der Waals surface area contributed by atoms with Gasteiger partial charge in [-0.15, -0.1) is 0 Å². The fourth-order valence-electron chi connectivity index (χ4n) is 1.51. The number of nitrogens with zero attached hydrogens (tertiary/aromatic N) is 2. The lowest BCUT2D eigenvalue weighted by molar-refractivity contribution is 0.0737. The number of anilines is 1. The first-order chi connectivity index (χ1) is 8.20. The Hall–Kier alpha value is -0.250. The summed E-state index contributed by atoms with van der Waals surface area (Å²) < 4.78 is 16.5. The van der Waals surface area contributed by atoms with Crippen molar-refractivity contribution in [1.29, 1.82) is 0 Å². The fraction of sp³-hybridized carbons (Fsp3) is 0.455. The van der Waals surface area contributed by atoms with Crippen LogP contribution in [0.1, 0.15) is 11.8 Å². The third kappa shape index (κ3) is 4.79. The molecule has 102 valence electrons. The van der Waals surface area contributed by atoms with Crippen LogP contribution in [0.25, 0.3) is 0 Å². The van der Waals surface area contributed by atoms with Gasteiger partial charge in [-0.25, -0.2) is 0 Å². The van der Waals surface area contributed by atoms with Crippen LogP contribution < -0.4 is 4.90 Å². The normalized spacial score (nSPS) is 13.7. The first-order valence-electron chi connectivity index (χ1n) is 5.32. The van der Waals surface area contributed by atoms with Crippen LogP contribution in [0.3, 0.4) is 0 Å². The molecule has 0 amide bonds. The SMILES string of the molecule is CN(C)c1ccc(C(OP(=O)(Cl)Cl)N(C)C)cc1. The minimum atomic E-state index is -3.58. The van der Waals surface area contributed by atoms with Crippen LogP contribution in [0, 0.1) is 0 Å². The molecule has 0 aliphatic heterocycles. The number of benzene rings is 1. The van der Waals surface area contributed by atoms with E-state index >= 15 is 0 Å². The van der Waals surface area contributed by atoms with Crippen LogP contribution in [-0.4, -0.2) is 33.1 Å². The summed E-state index contributed by atoms with van der Waals surface area (Å²) in [5.74, 6) is 0. The van der Waals surface area contributed by atoms with Gasteiger partial charge >= 0.3 is 6.07 Å². The number of hydrogen-bond acceptors (Lipinski definition) is 4. The van der Waals surface area contributed by atoms with Crippen molar-refractivity contribution in [2.45, 2.75) is 6.23 Å². The van der Waals surface area contributed by atoms with E-state index in [2.05, 4.69) is 0 Å². The van der Waals surface area contributed by atoms with Crippen molar-refractivity contribution < 1.29 is 9.09 Å². The molecule has 1 unspecified atom stereocenters. The summed E-state index contributed by atoms with van der Waals surface area (Å²) in [7, 11) is 7.52. The molecule has 1 aromatic carbocycles. The molecule has 7 heteroatoms. The summed E-state index contributed by atoms with van der Waals surface area (Å²) in [6.45, 7) is 0. The van der Waals surface area contributed by atoms with Crippen molar-refractivity contribution in [3.8, 4) is 0 Å². The van der Waals surface area contributed by atoms with Gasteiger partial charge in [0.1, 0.15) is 6.23 Å². The van der Waals surface area contributed by atoms with E-state index < -0.39 is 12.3 Å². The molecule has 18 heavy (non-hydrogen) atoms. The highest BCUT2D eigenvalue weighted by Gasteiger charge is 2.25. The minimum Gasteiger partial charge on any atom is -0.378 e. The average molecular weight is 311 g/mol. The van der Waals surface area contributed by atoms with Gasteiger partial charge in [-0.3, -0.25) is 14.0 Å². The molecule has 0 radical (unpaired) electrons. The number of halogens is 2. The van der Waals surface area contributed by atoms with E-state index in [0.29, 0.717) is 0 Å². The van der Waals surface area contributed by atoms with E-state index in [1.807, 2.05) is 43.3 Å². The van der Waals surface area contributed by atoms with Crippen LogP contribution in [0.4, 0.5) is 5.69 Å². The Bertz CT molecular complexity index is 431. The van der Waals surface area contributed by atoms with E-state index in [1.165, 1.54) is 0 Å². The smallest absolute Gasteiger partial charge is 0.378 e. The zero-order valence-corrected chi connectivity index (χ0v) is 13.2. The largest absolute Gasteiger partial charge is 0.381 e. The number of hydrogen-bond donors (Lipinski definition) is 0. The molecule has 0 spiro atoms. The lowest BCUT2D eigenvalue weighted by Gasteiger charge is -2.25. The van der Waals surface area contributed by atoms with E-state index in [1.54, 1.807) is 19.0 Å². The molecular weight excluding hydrogens is 294 g/mol. The standard InChI is InChI=1S/C11H17Cl2N2O2P/c1-14(2)10-7-5-9(6-8-10)11(15(3)4)17-18(12,13)16/h5-8,11H,1-4H3. The highest BCUT2D eigenvalue weighted by Crippen LogP contribution is 2.60. The van der Waals surface area contributed by atoms with Crippen LogP contribution >= 0.6 is 28.6 Å². The third-order valence-corrected chi connectivity index (χ3v) is 3.31.